The van der Waals surface area contributed by atoms with Gasteiger partial charge in [-0.3, -0.25) is 10.1 Å². The molecule has 1 aromatic carbocycles. The van der Waals surface area contributed by atoms with Crippen LogP contribution in [0.4, 0.5) is 10.1 Å². The molecule has 0 N–H and O–H groups in total. The van der Waals surface area contributed by atoms with Crippen molar-refractivity contribution in [3.8, 4) is 11.8 Å². The number of nitrogens with zero attached hydrogens (tertiary/aromatic N) is 2. The normalized spacial score (nSPS) is 12.5. The van der Waals surface area contributed by atoms with Gasteiger partial charge >= 0.3 is 0 Å². The summed E-state index contributed by atoms with van der Waals surface area (Å²) in [5.74, 6) is -2.09. The highest BCUT2D eigenvalue weighted by atomic mass is 35.7. The molecule has 0 radical (unpaired) electrons. The summed E-state index contributed by atoms with van der Waals surface area (Å²) in [6.07, 6.45) is -0.947. The van der Waals surface area contributed by atoms with E-state index in [9.17, 15) is 22.9 Å². The van der Waals surface area contributed by atoms with Crippen molar-refractivity contribution in [1.82, 2.24) is 0 Å². The van der Waals surface area contributed by atoms with E-state index in [-0.39, 0.29) is 6.42 Å². The molecule has 0 aliphatic heterocycles. The Balaban J connectivity index is 3.51. The lowest BCUT2D eigenvalue weighted by atomic mass is 10.2. The lowest BCUT2D eigenvalue weighted by Gasteiger charge is -2.13. The third kappa shape index (κ3) is 3.55. The first-order chi connectivity index (χ1) is 9.20. The highest BCUT2D eigenvalue weighted by Crippen LogP contribution is 2.34. The molecule has 0 bridgehead atoms. The lowest BCUT2D eigenvalue weighted by Crippen LogP contribution is -2.15. The van der Waals surface area contributed by atoms with Crippen LogP contribution in [0, 0.1) is 27.3 Å². The Kier molecular flexibility index (Phi) is 4.86. The first-order valence-electron chi connectivity index (χ1n) is 5.19. The van der Waals surface area contributed by atoms with Crippen LogP contribution in [0.15, 0.2) is 17.0 Å². The van der Waals surface area contributed by atoms with E-state index in [1.807, 2.05) is 0 Å². The zero-order chi connectivity index (χ0) is 15.5. The number of non-ortho nitro benzene ring substituents is 1. The summed E-state index contributed by atoms with van der Waals surface area (Å²) in [5.41, 5.74) is -0.793. The summed E-state index contributed by atoms with van der Waals surface area (Å²) in [7, 11) is 0.622. The number of nitro benzene ring substituents is 1. The SMILES string of the molecule is CCC(C#N)Oc1c(F)cc([N+](=O)[O-])cc1S(=O)(=O)Cl. The van der Waals surface area contributed by atoms with E-state index in [0.717, 1.165) is 0 Å². The number of nitro groups is 1. The molecule has 0 aromatic heterocycles. The van der Waals surface area contributed by atoms with E-state index < -0.39 is 42.2 Å². The molecule has 1 rings (SSSR count). The average molecular weight is 323 g/mol. The van der Waals surface area contributed by atoms with Crippen molar-refractivity contribution in [3.63, 3.8) is 0 Å². The summed E-state index contributed by atoms with van der Waals surface area (Å²) >= 11 is 0. The standard InChI is InChI=1S/C10H8ClFN2O5S/c1-2-7(5-13)19-10-8(12)3-6(14(15)16)4-9(10)20(11,17)18/h3-4,7H,2H2,1H3. The van der Waals surface area contributed by atoms with Gasteiger partial charge in [0, 0.05) is 16.7 Å². The Hall–Kier alpha value is -1.92. The number of halogens is 2. The Morgan fingerprint density at radius 2 is 2.20 bits per heavy atom. The fourth-order valence-electron chi connectivity index (χ4n) is 1.30. The summed E-state index contributed by atoms with van der Waals surface area (Å²) in [4.78, 5) is 8.72. The number of hydrogen-bond acceptors (Lipinski definition) is 6. The van der Waals surface area contributed by atoms with Gasteiger partial charge in [0.15, 0.2) is 17.7 Å². The highest BCUT2D eigenvalue weighted by molar-refractivity contribution is 8.13. The molecule has 0 amide bonds. The molecular weight excluding hydrogens is 315 g/mol. The van der Waals surface area contributed by atoms with Gasteiger partial charge in [-0.05, 0) is 6.42 Å². The smallest absolute Gasteiger partial charge is 0.273 e. The van der Waals surface area contributed by atoms with Gasteiger partial charge in [-0.25, -0.2) is 12.8 Å². The summed E-state index contributed by atoms with van der Waals surface area (Å²) < 4.78 is 41.4. The second-order valence-electron chi connectivity index (χ2n) is 3.59. The van der Waals surface area contributed by atoms with Crippen LogP contribution in [0.2, 0.25) is 0 Å². The second kappa shape index (κ2) is 6.02. The quantitative estimate of drug-likeness (QED) is 0.467. The lowest BCUT2D eigenvalue weighted by molar-refractivity contribution is -0.385. The number of ether oxygens (including phenoxy) is 1. The molecular formula is C10H8ClFN2O5S. The van der Waals surface area contributed by atoms with E-state index in [4.69, 9.17) is 20.7 Å². The third-order valence-electron chi connectivity index (χ3n) is 2.24. The Labute approximate surface area is 118 Å². The first-order valence-corrected chi connectivity index (χ1v) is 7.50. The van der Waals surface area contributed by atoms with Crippen molar-refractivity contribution < 1.29 is 22.5 Å². The molecule has 1 atom stereocenters. The molecule has 0 fully saturated rings. The maximum atomic E-state index is 13.8. The van der Waals surface area contributed by atoms with E-state index in [1.54, 1.807) is 13.0 Å². The topological polar surface area (TPSA) is 110 Å². The van der Waals surface area contributed by atoms with E-state index >= 15 is 0 Å². The van der Waals surface area contributed by atoms with Crippen molar-refractivity contribution >= 4 is 25.4 Å². The van der Waals surface area contributed by atoms with Gasteiger partial charge in [0.25, 0.3) is 14.7 Å². The van der Waals surface area contributed by atoms with Crippen molar-refractivity contribution in [2.75, 3.05) is 0 Å². The molecule has 0 spiro atoms. The predicted octanol–water partition coefficient (Wildman–Crippen LogP) is 2.34. The van der Waals surface area contributed by atoms with Gasteiger partial charge in [-0.15, -0.1) is 0 Å². The van der Waals surface area contributed by atoms with E-state index in [2.05, 4.69) is 0 Å². The Morgan fingerprint density at radius 1 is 1.60 bits per heavy atom. The van der Waals surface area contributed by atoms with Crippen LogP contribution in [0.3, 0.4) is 0 Å². The van der Waals surface area contributed by atoms with Crippen LogP contribution in [-0.4, -0.2) is 19.4 Å². The number of hydrogen-bond donors (Lipinski definition) is 0. The average Bonchev–Trinajstić information content (AvgIpc) is 2.35. The fraction of sp³-hybridized carbons (Fsp3) is 0.300. The highest BCUT2D eigenvalue weighted by Gasteiger charge is 2.27. The molecule has 20 heavy (non-hydrogen) atoms. The van der Waals surface area contributed by atoms with Crippen molar-refractivity contribution in [2.24, 2.45) is 0 Å². The molecule has 0 heterocycles. The number of rotatable bonds is 5. The van der Waals surface area contributed by atoms with Crippen molar-refractivity contribution in [1.29, 1.82) is 5.26 Å². The molecule has 10 heteroatoms. The maximum absolute atomic E-state index is 13.8. The molecule has 0 saturated carbocycles. The monoisotopic (exact) mass is 322 g/mol. The van der Waals surface area contributed by atoms with Crippen LogP contribution in [0.25, 0.3) is 0 Å². The predicted molar refractivity (Wildman–Crippen MR) is 66.4 cm³/mol. The maximum Gasteiger partial charge on any atom is 0.273 e. The third-order valence-corrected chi connectivity index (χ3v) is 3.57. The zero-order valence-electron chi connectivity index (χ0n) is 10.0. The molecule has 0 aliphatic rings. The minimum Gasteiger partial charge on any atom is -0.471 e. The molecule has 1 unspecified atom stereocenters. The molecule has 1 aromatic rings. The minimum atomic E-state index is -4.48. The number of nitriles is 1. The zero-order valence-corrected chi connectivity index (χ0v) is 11.6. The van der Waals surface area contributed by atoms with Crippen molar-refractivity contribution in [3.05, 3.63) is 28.1 Å². The van der Waals surface area contributed by atoms with Gasteiger partial charge in [0.05, 0.1) is 11.0 Å². The Morgan fingerprint density at radius 3 is 2.60 bits per heavy atom. The molecule has 0 aliphatic carbocycles. The van der Waals surface area contributed by atoms with Crippen LogP contribution < -0.4 is 4.74 Å². The largest absolute Gasteiger partial charge is 0.471 e. The second-order valence-corrected chi connectivity index (χ2v) is 6.13. The summed E-state index contributed by atoms with van der Waals surface area (Å²) in [6, 6.07) is 2.75. The van der Waals surface area contributed by atoms with Crippen LogP contribution in [0.1, 0.15) is 13.3 Å². The van der Waals surface area contributed by atoms with Gasteiger partial charge in [0.2, 0.25) is 0 Å². The summed E-state index contributed by atoms with van der Waals surface area (Å²) in [6.45, 7) is 1.56. The van der Waals surface area contributed by atoms with Gasteiger partial charge in [-0.2, -0.15) is 5.26 Å². The van der Waals surface area contributed by atoms with Gasteiger partial charge < -0.3 is 4.74 Å². The molecule has 7 nitrogen and oxygen atoms in total. The molecule has 108 valence electrons. The molecule has 0 saturated heterocycles. The van der Waals surface area contributed by atoms with Gasteiger partial charge in [0.1, 0.15) is 11.0 Å². The van der Waals surface area contributed by atoms with Crippen molar-refractivity contribution in [2.45, 2.75) is 24.3 Å². The van der Waals surface area contributed by atoms with E-state index in [0.29, 0.717) is 12.1 Å². The van der Waals surface area contributed by atoms with Crippen LogP contribution >= 0.6 is 10.7 Å². The number of benzene rings is 1. The Bertz CT molecular complexity index is 686. The van der Waals surface area contributed by atoms with E-state index in [1.165, 1.54) is 0 Å². The van der Waals surface area contributed by atoms with Crippen LogP contribution in [0.5, 0.6) is 5.75 Å². The fourth-order valence-corrected chi connectivity index (χ4v) is 2.27. The summed E-state index contributed by atoms with van der Waals surface area (Å²) in [5, 5.41) is 19.3. The minimum absolute atomic E-state index is 0.161. The van der Waals surface area contributed by atoms with Gasteiger partial charge in [-0.1, -0.05) is 6.92 Å². The van der Waals surface area contributed by atoms with Crippen LogP contribution in [-0.2, 0) is 9.05 Å². The first kappa shape index (κ1) is 16.1.